The quantitative estimate of drug-likeness (QED) is 0.473. The van der Waals surface area contributed by atoms with Gasteiger partial charge in [-0.1, -0.05) is 26.2 Å². The molecule has 0 aliphatic heterocycles. The van der Waals surface area contributed by atoms with Gasteiger partial charge in [-0.05, 0) is 25.5 Å². The van der Waals surface area contributed by atoms with Crippen LogP contribution in [-0.4, -0.2) is 35.2 Å². The van der Waals surface area contributed by atoms with Crippen LogP contribution in [0.2, 0.25) is 0 Å². The van der Waals surface area contributed by atoms with Crippen LogP contribution in [-0.2, 0) is 9.47 Å². The second-order valence-corrected chi connectivity index (χ2v) is 5.07. The summed E-state index contributed by atoms with van der Waals surface area (Å²) in [6, 6.07) is 3.70. The molecule has 0 aliphatic rings. The zero-order valence-electron chi connectivity index (χ0n) is 13.4. The van der Waals surface area contributed by atoms with Gasteiger partial charge in [0.15, 0.2) is 0 Å². The summed E-state index contributed by atoms with van der Waals surface area (Å²) >= 11 is 0. The second-order valence-electron chi connectivity index (χ2n) is 5.07. The van der Waals surface area contributed by atoms with Crippen molar-refractivity contribution >= 4 is 17.7 Å². The van der Waals surface area contributed by atoms with Crippen LogP contribution >= 0.6 is 0 Å². The van der Waals surface area contributed by atoms with Crippen molar-refractivity contribution in [3.63, 3.8) is 0 Å². The average Bonchev–Trinajstić information content (AvgIpc) is 2.46. The van der Waals surface area contributed by atoms with Crippen LogP contribution in [0.1, 0.15) is 49.9 Å². The number of carboxylic acids is 1. The molecule has 0 heterocycles. The third kappa shape index (κ3) is 7.01. The number of ether oxygens (including phenoxy) is 2. The molecule has 0 saturated carbocycles. The van der Waals surface area contributed by atoms with E-state index in [-0.39, 0.29) is 11.3 Å². The molecule has 7 heteroatoms. The third-order valence-corrected chi connectivity index (χ3v) is 3.10. The van der Waals surface area contributed by atoms with Gasteiger partial charge in [-0.2, -0.15) is 0 Å². The van der Waals surface area contributed by atoms with Crippen molar-refractivity contribution in [3.8, 4) is 5.75 Å². The summed E-state index contributed by atoms with van der Waals surface area (Å²) in [5, 5.41) is 20.7. The Balaban J connectivity index is 2.38. The van der Waals surface area contributed by atoms with Crippen molar-refractivity contribution in [3.05, 3.63) is 23.8 Å². The summed E-state index contributed by atoms with van der Waals surface area (Å²) in [6.07, 6.45) is 2.84. The van der Waals surface area contributed by atoms with Crippen LogP contribution in [0.15, 0.2) is 18.2 Å². The molecule has 23 heavy (non-hydrogen) atoms. The Kier molecular flexibility index (Phi) is 7.90. The maximum Gasteiger partial charge on any atom is 0.413 e. The molecule has 0 spiro atoms. The van der Waals surface area contributed by atoms with Crippen LogP contribution in [0, 0.1) is 0 Å². The smallest absolute Gasteiger partial charge is 0.413 e. The zero-order valence-corrected chi connectivity index (χ0v) is 13.4. The molecule has 0 fully saturated rings. The number of benzene rings is 1. The molecule has 0 bridgehead atoms. The number of carboxylic acid groups (broad SMARTS) is 1. The highest BCUT2D eigenvalue weighted by Crippen LogP contribution is 2.22. The molecule has 0 saturated heterocycles. The first-order valence-electron chi connectivity index (χ1n) is 7.59. The van der Waals surface area contributed by atoms with Crippen LogP contribution in [0.5, 0.6) is 5.75 Å². The lowest BCUT2D eigenvalue weighted by molar-refractivity contribution is -0.0881. The summed E-state index contributed by atoms with van der Waals surface area (Å²) < 4.78 is 10.4. The average molecular weight is 325 g/mol. The summed E-state index contributed by atoms with van der Waals surface area (Å²) in [5.41, 5.74) is -0.0136. The van der Waals surface area contributed by atoms with E-state index in [0.29, 0.717) is 6.61 Å². The van der Waals surface area contributed by atoms with Gasteiger partial charge < -0.3 is 19.7 Å². The first-order chi connectivity index (χ1) is 10.9. The lowest BCUT2D eigenvalue weighted by atomic mass is 10.2. The van der Waals surface area contributed by atoms with Crippen molar-refractivity contribution < 1.29 is 29.3 Å². The van der Waals surface area contributed by atoms with Crippen LogP contribution in [0.3, 0.4) is 0 Å². The Morgan fingerprint density at radius 1 is 1.26 bits per heavy atom. The molecule has 3 N–H and O–H groups in total. The highest BCUT2D eigenvalue weighted by Gasteiger charge is 2.13. The first kappa shape index (κ1) is 18.8. The SMILES string of the molecule is CCCCCCOC(C)OC(=O)Nc1ccc(C(=O)O)c(O)c1. The number of carbonyl (C=O) groups is 2. The number of anilines is 1. The lowest BCUT2D eigenvalue weighted by Crippen LogP contribution is -2.22. The normalized spacial score (nSPS) is 11.7. The van der Waals surface area contributed by atoms with Gasteiger partial charge in [0.25, 0.3) is 0 Å². The van der Waals surface area contributed by atoms with Crippen LogP contribution in [0.25, 0.3) is 0 Å². The third-order valence-electron chi connectivity index (χ3n) is 3.10. The van der Waals surface area contributed by atoms with Gasteiger partial charge >= 0.3 is 12.1 Å². The number of amides is 1. The Hall–Kier alpha value is -2.28. The second kappa shape index (κ2) is 9.68. The zero-order chi connectivity index (χ0) is 17.2. The monoisotopic (exact) mass is 325 g/mol. The van der Waals surface area contributed by atoms with Crippen LogP contribution in [0.4, 0.5) is 10.5 Å². The van der Waals surface area contributed by atoms with Gasteiger partial charge in [0.2, 0.25) is 6.29 Å². The molecular formula is C16H23NO6. The van der Waals surface area contributed by atoms with E-state index in [2.05, 4.69) is 12.2 Å². The Morgan fingerprint density at radius 2 is 2.00 bits per heavy atom. The lowest BCUT2D eigenvalue weighted by Gasteiger charge is -2.15. The number of nitrogens with one attached hydrogen (secondary N) is 1. The van der Waals surface area contributed by atoms with E-state index in [9.17, 15) is 14.7 Å². The maximum atomic E-state index is 11.7. The summed E-state index contributed by atoms with van der Waals surface area (Å²) in [4.78, 5) is 22.5. The molecule has 0 radical (unpaired) electrons. The van der Waals surface area contributed by atoms with Gasteiger partial charge in [0.1, 0.15) is 11.3 Å². The molecule has 1 unspecified atom stereocenters. The predicted molar refractivity (Wildman–Crippen MR) is 84.7 cm³/mol. The number of phenols is 1. The summed E-state index contributed by atoms with van der Waals surface area (Å²) in [7, 11) is 0. The molecule has 1 amide bonds. The summed E-state index contributed by atoms with van der Waals surface area (Å²) in [6.45, 7) is 4.25. The van der Waals surface area contributed by atoms with E-state index in [1.807, 2.05) is 0 Å². The minimum Gasteiger partial charge on any atom is -0.507 e. The van der Waals surface area contributed by atoms with Crippen molar-refractivity contribution in [1.29, 1.82) is 0 Å². The first-order valence-corrected chi connectivity index (χ1v) is 7.59. The number of carbonyl (C=O) groups excluding carboxylic acids is 1. The number of aromatic carboxylic acids is 1. The minimum atomic E-state index is -1.25. The van der Waals surface area contributed by atoms with Crippen molar-refractivity contribution in [2.24, 2.45) is 0 Å². The van der Waals surface area contributed by atoms with E-state index in [4.69, 9.17) is 14.6 Å². The largest absolute Gasteiger partial charge is 0.507 e. The number of unbranched alkanes of at least 4 members (excludes halogenated alkanes) is 3. The maximum absolute atomic E-state index is 11.7. The molecule has 1 atom stereocenters. The Labute approximate surface area is 135 Å². The molecular weight excluding hydrogens is 302 g/mol. The van der Waals surface area contributed by atoms with Gasteiger partial charge in [-0.25, -0.2) is 9.59 Å². The van der Waals surface area contributed by atoms with Gasteiger partial charge in [-0.3, -0.25) is 5.32 Å². The summed E-state index contributed by atoms with van der Waals surface area (Å²) in [5.74, 6) is -1.68. The molecule has 0 aliphatic carbocycles. The van der Waals surface area contributed by atoms with Gasteiger partial charge in [0.05, 0.1) is 6.61 Å². The fourth-order valence-corrected chi connectivity index (χ4v) is 1.90. The molecule has 128 valence electrons. The number of hydrogen-bond donors (Lipinski definition) is 3. The fraction of sp³-hybridized carbons (Fsp3) is 0.500. The van der Waals surface area contributed by atoms with E-state index in [1.54, 1.807) is 6.92 Å². The molecule has 0 aromatic heterocycles. The number of rotatable bonds is 9. The van der Waals surface area contributed by atoms with E-state index in [0.717, 1.165) is 31.7 Å². The topological polar surface area (TPSA) is 105 Å². The predicted octanol–water partition coefficient (Wildman–Crippen LogP) is 3.58. The highest BCUT2D eigenvalue weighted by molar-refractivity contribution is 5.92. The van der Waals surface area contributed by atoms with Crippen molar-refractivity contribution in [1.82, 2.24) is 0 Å². The minimum absolute atomic E-state index is 0.229. The van der Waals surface area contributed by atoms with Crippen molar-refractivity contribution in [2.75, 3.05) is 11.9 Å². The molecule has 1 rings (SSSR count). The standard InChI is InChI=1S/C16H23NO6/c1-3-4-5-6-9-22-11(2)23-16(21)17-12-7-8-13(15(19)20)14(18)10-12/h7-8,10-11,18H,3-6,9H2,1-2H3,(H,17,21)(H,19,20). The van der Waals surface area contributed by atoms with Crippen LogP contribution < -0.4 is 5.32 Å². The number of hydrogen-bond acceptors (Lipinski definition) is 5. The molecule has 1 aromatic rings. The fourth-order valence-electron chi connectivity index (χ4n) is 1.90. The Bertz CT molecular complexity index is 531. The molecule has 1 aromatic carbocycles. The Morgan fingerprint density at radius 3 is 2.61 bits per heavy atom. The van der Waals surface area contributed by atoms with Crippen molar-refractivity contribution in [2.45, 2.75) is 45.8 Å². The van der Waals surface area contributed by atoms with E-state index >= 15 is 0 Å². The highest BCUT2D eigenvalue weighted by atomic mass is 16.7. The molecule has 7 nitrogen and oxygen atoms in total. The van der Waals surface area contributed by atoms with E-state index < -0.39 is 24.1 Å². The van der Waals surface area contributed by atoms with Gasteiger partial charge in [-0.15, -0.1) is 0 Å². The van der Waals surface area contributed by atoms with Gasteiger partial charge in [0, 0.05) is 11.8 Å². The number of aromatic hydroxyl groups is 1. The van der Waals surface area contributed by atoms with E-state index in [1.165, 1.54) is 12.1 Å².